The topological polar surface area (TPSA) is 53.5 Å². The SMILES string of the molecule is CCN(c1ccccc1)c1nc(C)cc(Nc2ccccc2N2CCOCC2)n1. The molecule has 2 heterocycles. The predicted molar refractivity (Wildman–Crippen MR) is 119 cm³/mol. The highest BCUT2D eigenvalue weighted by atomic mass is 16.5. The highest BCUT2D eigenvalue weighted by Crippen LogP contribution is 2.30. The zero-order chi connectivity index (χ0) is 20.1. The van der Waals surface area contributed by atoms with Crippen LogP contribution in [0.3, 0.4) is 0 Å². The van der Waals surface area contributed by atoms with Crippen LogP contribution in [-0.4, -0.2) is 42.8 Å². The summed E-state index contributed by atoms with van der Waals surface area (Å²) in [5, 5.41) is 3.52. The lowest BCUT2D eigenvalue weighted by Crippen LogP contribution is -2.36. The normalized spacial score (nSPS) is 13.9. The second kappa shape index (κ2) is 8.92. The van der Waals surface area contributed by atoms with Gasteiger partial charge in [0.15, 0.2) is 0 Å². The molecule has 1 N–H and O–H groups in total. The third-order valence-electron chi connectivity index (χ3n) is 4.99. The van der Waals surface area contributed by atoms with E-state index >= 15 is 0 Å². The Hall–Kier alpha value is -3.12. The van der Waals surface area contributed by atoms with Gasteiger partial charge in [-0.05, 0) is 38.1 Å². The maximum Gasteiger partial charge on any atom is 0.232 e. The molecule has 1 fully saturated rings. The Kier molecular flexibility index (Phi) is 5.91. The van der Waals surface area contributed by atoms with Gasteiger partial charge in [0.2, 0.25) is 5.95 Å². The molecule has 3 aromatic rings. The number of hydrogen-bond acceptors (Lipinski definition) is 6. The van der Waals surface area contributed by atoms with Crippen molar-refractivity contribution in [1.82, 2.24) is 9.97 Å². The number of anilines is 5. The second-order valence-corrected chi connectivity index (χ2v) is 7.02. The first kappa shape index (κ1) is 19.2. The van der Waals surface area contributed by atoms with Crippen molar-refractivity contribution in [2.75, 3.05) is 48.0 Å². The maximum atomic E-state index is 5.50. The molecule has 1 aliphatic rings. The lowest BCUT2D eigenvalue weighted by molar-refractivity contribution is 0.123. The van der Waals surface area contributed by atoms with Crippen LogP contribution in [0.4, 0.5) is 28.8 Å². The van der Waals surface area contributed by atoms with Crippen molar-refractivity contribution in [3.8, 4) is 0 Å². The van der Waals surface area contributed by atoms with Gasteiger partial charge in [-0.25, -0.2) is 4.98 Å². The predicted octanol–water partition coefficient (Wildman–Crippen LogP) is 4.52. The van der Waals surface area contributed by atoms with E-state index in [1.807, 2.05) is 37.3 Å². The smallest absolute Gasteiger partial charge is 0.232 e. The first-order valence-corrected chi connectivity index (χ1v) is 10.1. The van der Waals surface area contributed by atoms with Crippen molar-refractivity contribution >= 4 is 28.8 Å². The van der Waals surface area contributed by atoms with E-state index in [-0.39, 0.29) is 0 Å². The number of morpholine rings is 1. The molecule has 0 bridgehead atoms. The lowest BCUT2D eigenvalue weighted by atomic mass is 10.2. The molecule has 150 valence electrons. The Bertz CT molecular complexity index is 941. The summed E-state index contributed by atoms with van der Waals surface area (Å²) in [7, 11) is 0. The number of aryl methyl sites for hydroxylation is 1. The second-order valence-electron chi connectivity index (χ2n) is 7.02. The van der Waals surface area contributed by atoms with Crippen LogP contribution in [0.1, 0.15) is 12.6 Å². The van der Waals surface area contributed by atoms with Crippen LogP contribution >= 0.6 is 0 Å². The van der Waals surface area contributed by atoms with E-state index in [0.717, 1.165) is 55.7 Å². The molecule has 2 aromatic carbocycles. The van der Waals surface area contributed by atoms with E-state index in [1.165, 1.54) is 5.69 Å². The fourth-order valence-electron chi connectivity index (χ4n) is 3.58. The Morgan fingerprint density at radius 2 is 1.72 bits per heavy atom. The van der Waals surface area contributed by atoms with Crippen molar-refractivity contribution in [1.29, 1.82) is 0 Å². The first-order valence-electron chi connectivity index (χ1n) is 10.1. The molecule has 1 aliphatic heterocycles. The van der Waals surface area contributed by atoms with E-state index < -0.39 is 0 Å². The number of ether oxygens (including phenoxy) is 1. The summed E-state index contributed by atoms with van der Waals surface area (Å²) in [4.78, 5) is 14.0. The first-order chi connectivity index (χ1) is 14.2. The summed E-state index contributed by atoms with van der Waals surface area (Å²) in [6, 6.07) is 20.6. The van der Waals surface area contributed by atoms with Gasteiger partial charge in [-0.15, -0.1) is 0 Å². The molecule has 0 saturated carbocycles. The molecule has 4 rings (SSSR count). The van der Waals surface area contributed by atoms with Crippen LogP contribution < -0.4 is 15.1 Å². The minimum atomic E-state index is 0.699. The minimum Gasteiger partial charge on any atom is -0.378 e. The van der Waals surface area contributed by atoms with E-state index in [2.05, 4.69) is 57.4 Å². The van der Waals surface area contributed by atoms with Gasteiger partial charge in [-0.3, -0.25) is 0 Å². The van der Waals surface area contributed by atoms with Crippen LogP contribution in [0.15, 0.2) is 60.7 Å². The third-order valence-corrected chi connectivity index (χ3v) is 4.99. The summed E-state index contributed by atoms with van der Waals surface area (Å²) in [6.07, 6.45) is 0. The molecular weight excluding hydrogens is 362 g/mol. The molecular formula is C23H27N5O. The summed E-state index contributed by atoms with van der Waals surface area (Å²) in [5.74, 6) is 1.49. The molecule has 0 spiro atoms. The van der Waals surface area contributed by atoms with Gasteiger partial charge in [0.1, 0.15) is 5.82 Å². The van der Waals surface area contributed by atoms with E-state index in [4.69, 9.17) is 9.72 Å². The van der Waals surface area contributed by atoms with E-state index in [1.54, 1.807) is 0 Å². The fourth-order valence-corrected chi connectivity index (χ4v) is 3.58. The number of hydrogen-bond donors (Lipinski definition) is 1. The molecule has 6 heteroatoms. The van der Waals surface area contributed by atoms with Gasteiger partial charge in [0.25, 0.3) is 0 Å². The van der Waals surface area contributed by atoms with E-state index in [0.29, 0.717) is 5.95 Å². The Morgan fingerprint density at radius 1 is 1.00 bits per heavy atom. The number of nitrogens with zero attached hydrogens (tertiary/aromatic N) is 4. The van der Waals surface area contributed by atoms with Crippen molar-refractivity contribution in [2.24, 2.45) is 0 Å². The molecule has 0 amide bonds. The molecule has 0 radical (unpaired) electrons. The van der Waals surface area contributed by atoms with Crippen molar-refractivity contribution in [2.45, 2.75) is 13.8 Å². The number of rotatable bonds is 6. The Balaban J connectivity index is 1.64. The Morgan fingerprint density at radius 3 is 2.48 bits per heavy atom. The Labute approximate surface area is 172 Å². The molecule has 1 aromatic heterocycles. The number of benzene rings is 2. The van der Waals surface area contributed by atoms with Crippen molar-refractivity contribution < 1.29 is 4.74 Å². The minimum absolute atomic E-state index is 0.699. The van der Waals surface area contributed by atoms with Crippen LogP contribution in [0.2, 0.25) is 0 Å². The zero-order valence-corrected chi connectivity index (χ0v) is 17.0. The quantitative estimate of drug-likeness (QED) is 0.669. The zero-order valence-electron chi connectivity index (χ0n) is 17.0. The maximum absolute atomic E-state index is 5.50. The molecule has 0 atom stereocenters. The molecule has 0 unspecified atom stereocenters. The average Bonchev–Trinajstić information content (AvgIpc) is 2.76. The van der Waals surface area contributed by atoms with Crippen LogP contribution in [0.5, 0.6) is 0 Å². The van der Waals surface area contributed by atoms with Gasteiger partial charge in [-0.2, -0.15) is 4.98 Å². The summed E-state index contributed by atoms with van der Waals surface area (Å²) in [5.41, 5.74) is 4.22. The average molecular weight is 390 g/mol. The lowest BCUT2D eigenvalue weighted by Gasteiger charge is -2.30. The monoisotopic (exact) mass is 389 g/mol. The van der Waals surface area contributed by atoms with Crippen LogP contribution in [0, 0.1) is 6.92 Å². The fraction of sp³-hybridized carbons (Fsp3) is 0.304. The molecule has 1 saturated heterocycles. The summed E-state index contributed by atoms with van der Waals surface area (Å²) in [6.45, 7) is 8.20. The number of aromatic nitrogens is 2. The number of nitrogens with one attached hydrogen (secondary N) is 1. The van der Waals surface area contributed by atoms with Gasteiger partial charge < -0.3 is 19.9 Å². The van der Waals surface area contributed by atoms with Crippen LogP contribution in [0.25, 0.3) is 0 Å². The standard InChI is InChI=1S/C23H27N5O/c1-3-28(19-9-5-4-6-10-19)23-24-18(2)17-22(26-23)25-20-11-7-8-12-21(20)27-13-15-29-16-14-27/h4-12,17H,3,13-16H2,1-2H3,(H,24,25,26). The highest BCUT2D eigenvalue weighted by Gasteiger charge is 2.16. The summed E-state index contributed by atoms with van der Waals surface area (Å²) < 4.78 is 5.50. The van der Waals surface area contributed by atoms with Gasteiger partial charge in [0, 0.05) is 37.1 Å². The largest absolute Gasteiger partial charge is 0.378 e. The highest BCUT2D eigenvalue weighted by molar-refractivity contribution is 5.75. The van der Waals surface area contributed by atoms with E-state index in [9.17, 15) is 0 Å². The molecule has 6 nitrogen and oxygen atoms in total. The van der Waals surface area contributed by atoms with Crippen molar-refractivity contribution in [3.63, 3.8) is 0 Å². The van der Waals surface area contributed by atoms with Gasteiger partial charge >= 0.3 is 0 Å². The molecule has 0 aliphatic carbocycles. The van der Waals surface area contributed by atoms with Gasteiger partial charge in [-0.1, -0.05) is 30.3 Å². The third kappa shape index (κ3) is 4.49. The summed E-state index contributed by atoms with van der Waals surface area (Å²) >= 11 is 0. The number of para-hydroxylation sites is 3. The van der Waals surface area contributed by atoms with Gasteiger partial charge in [0.05, 0.1) is 24.6 Å². The van der Waals surface area contributed by atoms with Crippen LogP contribution in [-0.2, 0) is 4.74 Å². The molecule has 29 heavy (non-hydrogen) atoms. The van der Waals surface area contributed by atoms with Crippen molar-refractivity contribution in [3.05, 3.63) is 66.4 Å².